The summed E-state index contributed by atoms with van der Waals surface area (Å²) in [6, 6.07) is 10.2. The van der Waals surface area contributed by atoms with Crippen LogP contribution in [0.2, 0.25) is 5.02 Å². The van der Waals surface area contributed by atoms with E-state index in [9.17, 15) is 9.59 Å². The lowest BCUT2D eigenvalue weighted by atomic mass is 10.2. The molecule has 8 nitrogen and oxygen atoms in total. The summed E-state index contributed by atoms with van der Waals surface area (Å²) >= 11 is 6.17. The lowest BCUT2D eigenvalue weighted by Gasteiger charge is -2.08. The van der Waals surface area contributed by atoms with Gasteiger partial charge in [0.15, 0.2) is 5.58 Å². The monoisotopic (exact) mass is 416 g/mol. The van der Waals surface area contributed by atoms with Gasteiger partial charge in [-0.2, -0.15) is 0 Å². The topological polar surface area (TPSA) is 99.9 Å². The molecule has 1 heterocycles. The Bertz CT molecular complexity index is 1110. The summed E-state index contributed by atoms with van der Waals surface area (Å²) in [7, 11) is 3.95. The van der Waals surface area contributed by atoms with E-state index in [0.717, 1.165) is 6.08 Å². The van der Waals surface area contributed by atoms with Crippen LogP contribution in [0.15, 0.2) is 52.6 Å². The highest BCUT2D eigenvalue weighted by atomic mass is 35.5. The van der Waals surface area contributed by atoms with E-state index in [1.807, 2.05) is 0 Å². The molecule has 29 heavy (non-hydrogen) atoms. The summed E-state index contributed by atoms with van der Waals surface area (Å²) in [5, 5.41) is 3.26. The average Bonchev–Trinajstić information content (AvgIpc) is 3.15. The van der Waals surface area contributed by atoms with Crippen LogP contribution in [0, 0.1) is 0 Å². The summed E-state index contributed by atoms with van der Waals surface area (Å²) in [6.45, 7) is 0. The molecular weight excluding hydrogens is 400 g/mol. The lowest BCUT2D eigenvalue weighted by Crippen LogP contribution is -2.15. The van der Waals surface area contributed by atoms with Gasteiger partial charge in [-0.3, -0.25) is 0 Å². The highest BCUT2D eigenvalue weighted by Crippen LogP contribution is 2.32. The highest BCUT2D eigenvalue weighted by Gasteiger charge is 2.15. The third-order valence-electron chi connectivity index (χ3n) is 3.93. The number of fused-ring (bicyclic) bond motifs is 1. The summed E-state index contributed by atoms with van der Waals surface area (Å²) in [6.07, 6.45) is 1.00. The number of nitrogens with zero attached hydrogens (tertiary/aromatic N) is 1. The number of rotatable bonds is 6. The Morgan fingerprint density at radius 1 is 1.10 bits per heavy atom. The van der Waals surface area contributed by atoms with Crippen molar-refractivity contribution in [2.45, 2.75) is 0 Å². The van der Waals surface area contributed by atoms with Crippen molar-refractivity contribution in [2.75, 3.05) is 26.6 Å². The first-order chi connectivity index (χ1) is 13.9. The van der Waals surface area contributed by atoms with Gasteiger partial charge in [-0.1, -0.05) is 11.6 Å². The second-order valence-electron chi connectivity index (χ2n) is 5.75. The molecule has 0 radical (unpaired) electrons. The summed E-state index contributed by atoms with van der Waals surface area (Å²) in [5.41, 5.74) is 2.19. The number of esters is 2. The minimum absolute atomic E-state index is 0.0793. The third kappa shape index (κ3) is 4.49. The molecule has 0 saturated carbocycles. The predicted octanol–water partition coefficient (Wildman–Crippen LogP) is 3.80. The fourth-order valence-electron chi connectivity index (χ4n) is 2.52. The number of methoxy groups -OCH3 is 3. The summed E-state index contributed by atoms with van der Waals surface area (Å²) in [4.78, 5) is 27.8. The van der Waals surface area contributed by atoms with Gasteiger partial charge in [0.05, 0.1) is 32.4 Å². The largest absolute Gasteiger partial charge is 0.495 e. The molecule has 0 aliphatic carbocycles. The SMILES string of the molecule is COC(=O)/C=C(/Nc1ccc2oc(-c3ccc(OC)c(Cl)c3)nc2c1)C(=O)OC. The number of carbonyl (C=O) groups is 2. The standard InChI is InChI=1S/C20H17ClN2O6/c1-26-16-6-4-11(8-13(16)21)19-23-14-9-12(5-7-17(14)29-19)22-15(20(25)28-3)10-18(24)27-2/h4-10,22H,1-3H3/b15-10+. The van der Waals surface area contributed by atoms with Crippen LogP contribution in [0.3, 0.4) is 0 Å². The van der Waals surface area contributed by atoms with Crippen LogP contribution >= 0.6 is 11.6 Å². The van der Waals surface area contributed by atoms with Crippen molar-refractivity contribution in [1.29, 1.82) is 0 Å². The normalized spacial score (nSPS) is 11.2. The Balaban J connectivity index is 1.92. The highest BCUT2D eigenvalue weighted by molar-refractivity contribution is 6.32. The van der Waals surface area contributed by atoms with Crippen LogP contribution in [0.4, 0.5) is 5.69 Å². The summed E-state index contributed by atoms with van der Waals surface area (Å²) in [5.74, 6) is -0.492. The Hall–Kier alpha value is -3.52. The number of hydrogen-bond donors (Lipinski definition) is 1. The molecule has 2 aromatic carbocycles. The molecule has 1 aromatic heterocycles. The van der Waals surface area contributed by atoms with Gasteiger partial charge in [-0.15, -0.1) is 0 Å². The fourth-order valence-corrected chi connectivity index (χ4v) is 2.77. The smallest absolute Gasteiger partial charge is 0.354 e. The molecule has 0 amide bonds. The number of oxazole rings is 1. The van der Waals surface area contributed by atoms with Crippen molar-refractivity contribution in [3.05, 3.63) is 53.2 Å². The van der Waals surface area contributed by atoms with Crippen molar-refractivity contribution in [2.24, 2.45) is 0 Å². The Morgan fingerprint density at radius 3 is 2.55 bits per heavy atom. The third-order valence-corrected chi connectivity index (χ3v) is 4.23. The van der Waals surface area contributed by atoms with E-state index in [0.29, 0.717) is 39.0 Å². The predicted molar refractivity (Wildman–Crippen MR) is 107 cm³/mol. The lowest BCUT2D eigenvalue weighted by molar-refractivity contribution is -0.138. The van der Waals surface area contributed by atoms with E-state index in [-0.39, 0.29) is 5.70 Å². The molecule has 0 aliphatic heterocycles. The molecule has 9 heteroatoms. The molecule has 0 bridgehead atoms. The van der Waals surface area contributed by atoms with Crippen molar-refractivity contribution < 1.29 is 28.2 Å². The first-order valence-electron chi connectivity index (χ1n) is 8.34. The number of aromatic nitrogens is 1. The van der Waals surface area contributed by atoms with Gasteiger partial charge in [-0.05, 0) is 36.4 Å². The average molecular weight is 417 g/mol. The van der Waals surface area contributed by atoms with E-state index in [4.69, 9.17) is 20.8 Å². The van der Waals surface area contributed by atoms with Crippen LogP contribution < -0.4 is 10.1 Å². The minimum atomic E-state index is -0.718. The van der Waals surface area contributed by atoms with Gasteiger partial charge in [0.25, 0.3) is 0 Å². The van der Waals surface area contributed by atoms with E-state index >= 15 is 0 Å². The number of ether oxygens (including phenoxy) is 3. The number of nitrogens with one attached hydrogen (secondary N) is 1. The zero-order valence-corrected chi connectivity index (χ0v) is 16.6. The van der Waals surface area contributed by atoms with Crippen molar-refractivity contribution in [1.82, 2.24) is 4.98 Å². The van der Waals surface area contributed by atoms with Gasteiger partial charge >= 0.3 is 11.9 Å². The molecule has 3 rings (SSSR count). The van der Waals surface area contributed by atoms with Crippen molar-refractivity contribution >= 4 is 40.3 Å². The second kappa shape index (κ2) is 8.66. The number of carbonyl (C=O) groups excluding carboxylic acids is 2. The van der Waals surface area contributed by atoms with Crippen LogP contribution in [-0.4, -0.2) is 38.3 Å². The molecule has 3 aromatic rings. The molecule has 0 fully saturated rings. The maximum absolute atomic E-state index is 11.9. The molecular formula is C20H17ClN2O6. The van der Waals surface area contributed by atoms with E-state index < -0.39 is 11.9 Å². The van der Waals surface area contributed by atoms with Crippen LogP contribution in [0.1, 0.15) is 0 Å². The van der Waals surface area contributed by atoms with Crippen LogP contribution in [-0.2, 0) is 19.1 Å². The van der Waals surface area contributed by atoms with E-state index in [1.54, 1.807) is 36.4 Å². The van der Waals surface area contributed by atoms with Crippen molar-refractivity contribution in [3.8, 4) is 17.2 Å². The van der Waals surface area contributed by atoms with Crippen molar-refractivity contribution in [3.63, 3.8) is 0 Å². The maximum Gasteiger partial charge on any atom is 0.354 e. The first kappa shape index (κ1) is 20.2. The second-order valence-corrected chi connectivity index (χ2v) is 6.16. The van der Waals surface area contributed by atoms with E-state index in [2.05, 4.69) is 19.8 Å². The van der Waals surface area contributed by atoms with Crippen LogP contribution in [0.25, 0.3) is 22.6 Å². The summed E-state index contributed by atoms with van der Waals surface area (Å²) < 4.78 is 20.1. The van der Waals surface area contributed by atoms with E-state index in [1.165, 1.54) is 21.3 Å². The van der Waals surface area contributed by atoms with Gasteiger partial charge in [0.1, 0.15) is 17.0 Å². The Morgan fingerprint density at radius 2 is 1.90 bits per heavy atom. The maximum atomic E-state index is 11.9. The first-order valence-corrected chi connectivity index (χ1v) is 8.72. The Kier molecular flexibility index (Phi) is 6.04. The number of benzene rings is 2. The molecule has 0 saturated heterocycles. The number of hydrogen-bond acceptors (Lipinski definition) is 8. The van der Waals surface area contributed by atoms with Crippen LogP contribution in [0.5, 0.6) is 5.75 Å². The molecule has 0 aliphatic rings. The minimum Gasteiger partial charge on any atom is -0.495 e. The van der Waals surface area contributed by atoms with Gasteiger partial charge in [0, 0.05) is 11.3 Å². The fraction of sp³-hybridized carbons (Fsp3) is 0.150. The molecule has 0 unspecified atom stereocenters. The number of halogens is 1. The molecule has 0 spiro atoms. The molecule has 1 N–H and O–H groups in total. The molecule has 150 valence electrons. The number of anilines is 1. The Labute approximate surface area is 171 Å². The molecule has 0 atom stereocenters. The zero-order valence-electron chi connectivity index (χ0n) is 15.8. The van der Waals surface area contributed by atoms with Gasteiger partial charge in [0.2, 0.25) is 5.89 Å². The quantitative estimate of drug-likeness (QED) is 0.478. The zero-order chi connectivity index (χ0) is 21.0. The van der Waals surface area contributed by atoms with Gasteiger partial charge in [-0.25, -0.2) is 14.6 Å². The van der Waals surface area contributed by atoms with Gasteiger partial charge < -0.3 is 23.9 Å².